The number of halogens is 1. The van der Waals surface area contributed by atoms with E-state index in [4.69, 9.17) is 0 Å². The van der Waals surface area contributed by atoms with Crippen LogP contribution in [-0.4, -0.2) is 30.6 Å². The van der Waals surface area contributed by atoms with Gasteiger partial charge in [0.1, 0.15) is 0 Å². The lowest BCUT2D eigenvalue weighted by molar-refractivity contribution is -0.126. The van der Waals surface area contributed by atoms with Gasteiger partial charge in [-0.1, -0.05) is 29.8 Å². The molecule has 1 aromatic rings. The van der Waals surface area contributed by atoms with Crippen molar-refractivity contribution in [3.63, 3.8) is 0 Å². The molecule has 5 heteroatoms. The zero-order chi connectivity index (χ0) is 13.7. The molecule has 112 valence electrons. The van der Waals surface area contributed by atoms with Gasteiger partial charge in [0, 0.05) is 12.5 Å². The van der Waals surface area contributed by atoms with Crippen LogP contribution in [-0.2, 0) is 4.79 Å². The highest BCUT2D eigenvalue weighted by Crippen LogP contribution is 2.14. The van der Waals surface area contributed by atoms with Gasteiger partial charge in [0.2, 0.25) is 5.91 Å². The van der Waals surface area contributed by atoms with Crippen LogP contribution in [0.2, 0.25) is 0 Å². The van der Waals surface area contributed by atoms with Crippen molar-refractivity contribution in [2.45, 2.75) is 25.9 Å². The van der Waals surface area contributed by atoms with Gasteiger partial charge in [-0.3, -0.25) is 4.79 Å². The first-order chi connectivity index (χ1) is 9.16. The van der Waals surface area contributed by atoms with Crippen LogP contribution in [0.4, 0.5) is 0 Å². The second kappa shape index (κ2) is 8.25. The molecule has 1 aliphatic rings. The monoisotopic (exact) mass is 298 g/mol. The van der Waals surface area contributed by atoms with Crippen molar-refractivity contribution >= 4 is 18.3 Å². The molecule has 1 heterocycles. The maximum absolute atomic E-state index is 11.9. The molecule has 0 aromatic heterocycles. The smallest absolute Gasteiger partial charge is 0.223 e. The summed E-state index contributed by atoms with van der Waals surface area (Å²) in [5.41, 5.74) is 2.01. The highest BCUT2D eigenvalue weighted by Gasteiger charge is 2.21. The van der Waals surface area contributed by atoms with Gasteiger partial charge in [0.15, 0.2) is 0 Å². The Morgan fingerprint density at radius 1 is 1.35 bits per heavy atom. The van der Waals surface area contributed by atoms with E-state index in [1.165, 1.54) is 0 Å². The summed E-state index contributed by atoms with van der Waals surface area (Å²) in [7, 11) is 0. The Morgan fingerprint density at radius 3 is 2.55 bits per heavy atom. The van der Waals surface area contributed by atoms with Gasteiger partial charge in [-0.15, -0.1) is 12.4 Å². The molecule has 1 atom stereocenters. The summed E-state index contributed by atoms with van der Waals surface area (Å²) in [5.74, 6) is 0.152. The third-order valence-corrected chi connectivity index (χ3v) is 3.64. The molecule has 0 spiro atoms. The van der Waals surface area contributed by atoms with E-state index in [9.17, 15) is 9.90 Å². The molecular weight excluding hydrogens is 276 g/mol. The second-order valence-corrected chi connectivity index (χ2v) is 5.20. The summed E-state index contributed by atoms with van der Waals surface area (Å²) in [6.07, 6.45) is 1.13. The van der Waals surface area contributed by atoms with Crippen LogP contribution in [0.25, 0.3) is 0 Å². The Labute approximate surface area is 126 Å². The quantitative estimate of drug-likeness (QED) is 0.791. The molecule has 1 saturated heterocycles. The number of carbonyl (C=O) groups excluding carboxylic acids is 1. The van der Waals surface area contributed by atoms with Crippen molar-refractivity contribution in [2.75, 3.05) is 19.6 Å². The number of amides is 1. The first-order valence-corrected chi connectivity index (χ1v) is 6.90. The van der Waals surface area contributed by atoms with E-state index in [0.717, 1.165) is 37.1 Å². The molecule has 0 saturated carbocycles. The van der Waals surface area contributed by atoms with Crippen LogP contribution in [0.3, 0.4) is 0 Å². The predicted octanol–water partition coefficient (Wildman–Crippen LogP) is 1.57. The lowest BCUT2D eigenvalue weighted by Crippen LogP contribution is -2.39. The van der Waals surface area contributed by atoms with Crippen molar-refractivity contribution in [2.24, 2.45) is 5.92 Å². The molecule has 0 bridgehead atoms. The number of aliphatic hydroxyl groups excluding tert-OH is 1. The third kappa shape index (κ3) is 4.78. The van der Waals surface area contributed by atoms with Crippen LogP contribution < -0.4 is 10.6 Å². The largest absolute Gasteiger partial charge is 0.387 e. The van der Waals surface area contributed by atoms with E-state index in [-0.39, 0.29) is 30.8 Å². The lowest BCUT2D eigenvalue weighted by Gasteiger charge is -2.22. The van der Waals surface area contributed by atoms with Gasteiger partial charge >= 0.3 is 0 Å². The molecule has 0 aliphatic carbocycles. The fourth-order valence-electron chi connectivity index (χ4n) is 2.33. The summed E-state index contributed by atoms with van der Waals surface area (Å²) in [4.78, 5) is 11.9. The van der Waals surface area contributed by atoms with Crippen LogP contribution >= 0.6 is 12.4 Å². The molecule has 1 aliphatic heterocycles. The normalized spacial score (nSPS) is 17.1. The maximum Gasteiger partial charge on any atom is 0.223 e. The maximum atomic E-state index is 11.9. The van der Waals surface area contributed by atoms with Crippen molar-refractivity contribution in [3.05, 3.63) is 35.4 Å². The van der Waals surface area contributed by atoms with E-state index in [1.54, 1.807) is 0 Å². The first kappa shape index (κ1) is 17.0. The van der Waals surface area contributed by atoms with Gasteiger partial charge in [-0.2, -0.15) is 0 Å². The molecule has 3 N–H and O–H groups in total. The molecule has 1 fully saturated rings. The summed E-state index contributed by atoms with van der Waals surface area (Å²) in [6.45, 7) is 4.10. The number of carbonyl (C=O) groups is 1. The molecule has 20 heavy (non-hydrogen) atoms. The van der Waals surface area contributed by atoms with Gasteiger partial charge < -0.3 is 15.7 Å². The molecule has 1 amide bonds. The fourth-order valence-corrected chi connectivity index (χ4v) is 2.33. The first-order valence-electron chi connectivity index (χ1n) is 6.90. The Bertz CT molecular complexity index is 416. The Kier molecular flexibility index (Phi) is 6.99. The molecule has 1 unspecified atom stereocenters. The minimum atomic E-state index is -0.633. The van der Waals surface area contributed by atoms with E-state index in [0.29, 0.717) is 0 Å². The average Bonchev–Trinajstić information content (AvgIpc) is 2.46. The summed E-state index contributed by atoms with van der Waals surface area (Å²) >= 11 is 0. The molecule has 1 aromatic carbocycles. The predicted molar refractivity (Wildman–Crippen MR) is 82.0 cm³/mol. The van der Waals surface area contributed by atoms with Crippen molar-refractivity contribution in [3.8, 4) is 0 Å². The number of rotatable bonds is 4. The fraction of sp³-hybridized carbons (Fsp3) is 0.533. The van der Waals surface area contributed by atoms with Crippen molar-refractivity contribution in [1.29, 1.82) is 0 Å². The minimum absolute atomic E-state index is 0. The molecule has 0 radical (unpaired) electrons. The number of hydrogen-bond acceptors (Lipinski definition) is 3. The summed E-state index contributed by atoms with van der Waals surface area (Å²) in [5, 5.41) is 16.1. The summed E-state index contributed by atoms with van der Waals surface area (Å²) < 4.78 is 0. The van der Waals surface area contributed by atoms with Gasteiger partial charge in [-0.25, -0.2) is 0 Å². The van der Waals surface area contributed by atoms with Crippen LogP contribution in [0.5, 0.6) is 0 Å². The van der Waals surface area contributed by atoms with Crippen molar-refractivity contribution in [1.82, 2.24) is 10.6 Å². The highest BCUT2D eigenvalue weighted by atomic mass is 35.5. The standard InChI is InChI=1S/C15H22N2O2.ClH/c1-11-2-4-12(5-3-11)14(18)10-17-15(19)13-6-8-16-9-7-13;/h2-5,13-14,16,18H,6-10H2,1H3,(H,17,19);1H. The zero-order valence-electron chi connectivity index (χ0n) is 11.8. The average molecular weight is 299 g/mol. The van der Waals surface area contributed by atoms with E-state index in [1.807, 2.05) is 31.2 Å². The number of piperidine rings is 1. The van der Waals surface area contributed by atoms with E-state index >= 15 is 0 Å². The van der Waals surface area contributed by atoms with Gasteiger partial charge in [0.25, 0.3) is 0 Å². The highest BCUT2D eigenvalue weighted by molar-refractivity contribution is 5.85. The van der Waals surface area contributed by atoms with Crippen LogP contribution in [0.1, 0.15) is 30.1 Å². The second-order valence-electron chi connectivity index (χ2n) is 5.20. The number of nitrogens with one attached hydrogen (secondary N) is 2. The van der Waals surface area contributed by atoms with Gasteiger partial charge in [-0.05, 0) is 38.4 Å². The van der Waals surface area contributed by atoms with E-state index in [2.05, 4.69) is 10.6 Å². The topological polar surface area (TPSA) is 61.4 Å². The lowest BCUT2D eigenvalue weighted by atomic mass is 9.97. The number of aliphatic hydroxyl groups is 1. The van der Waals surface area contributed by atoms with Crippen LogP contribution in [0, 0.1) is 12.8 Å². The number of hydrogen-bond donors (Lipinski definition) is 3. The molecule has 2 rings (SSSR count). The minimum Gasteiger partial charge on any atom is -0.387 e. The molecular formula is C15H23ClN2O2. The number of aryl methyl sites for hydroxylation is 1. The Balaban J connectivity index is 0.00000200. The Hall–Kier alpha value is -1.10. The third-order valence-electron chi connectivity index (χ3n) is 3.64. The summed E-state index contributed by atoms with van der Waals surface area (Å²) in [6, 6.07) is 7.73. The molecule has 4 nitrogen and oxygen atoms in total. The van der Waals surface area contributed by atoms with E-state index < -0.39 is 6.10 Å². The Morgan fingerprint density at radius 2 is 1.95 bits per heavy atom. The SMILES string of the molecule is Cc1ccc(C(O)CNC(=O)C2CCNCC2)cc1.Cl. The zero-order valence-corrected chi connectivity index (χ0v) is 12.6. The van der Waals surface area contributed by atoms with Gasteiger partial charge in [0.05, 0.1) is 6.10 Å². The van der Waals surface area contributed by atoms with Crippen LogP contribution in [0.15, 0.2) is 24.3 Å². The number of benzene rings is 1. The van der Waals surface area contributed by atoms with Crippen molar-refractivity contribution < 1.29 is 9.90 Å².